The van der Waals surface area contributed by atoms with Gasteiger partial charge in [-0.2, -0.15) is 0 Å². The number of amides is 1. The smallest absolute Gasteiger partial charge is 0.226 e. The van der Waals surface area contributed by atoms with Crippen molar-refractivity contribution in [1.29, 1.82) is 0 Å². The highest BCUT2D eigenvalue weighted by molar-refractivity contribution is 5.79. The third-order valence-corrected chi connectivity index (χ3v) is 4.67. The van der Waals surface area contributed by atoms with E-state index in [2.05, 4.69) is 6.92 Å². The van der Waals surface area contributed by atoms with Crippen LogP contribution in [0.25, 0.3) is 0 Å². The Bertz CT molecular complexity index is 324. The van der Waals surface area contributed by atoms with E-state index in [0.717, 1.165) is 19.3 Å². The van der Waals surface area contributed by atoms with Gasteiger partial charge in [0.2, 0.25) is 5.91 Å². The lowest BCUT2D eigenvalue weighted by Crippen LogP contribution is -2.55. The Morgan fingerprint density at radius 1 is 1.42 bits per heavy atom. The van der Waals surface area contributed by atoms with E-state index >= 15 is 0 Å². The third kappa shape index (κ3) is 3.09. The Morgan fingerprint density at radius 3 is 2.84 bits per heavy atom. The number of aliphatic hydroxyl groups excluding tert-OH is 1. The van der Waals surface area contributed by atoms with E-state index in [1.54, 1.807) is 0 Å². The van der Waals surface area contributed by atoms with E-state index in [0.29, 0.717) is 13.2 Å². The predicted octanol–water partition coefficient (Wildman–Crippen LogP) is 0.358. The molecule has 5 atom stereocenters. The van der Waals surface area contributed by atoms with Gasteiger partial charge in [0.1, 0.15) is 0 Å². The first-order chi connectivity index (χ1) is 9.04. The molecule has 5 unspecified atom stereocenters. The SMILES string of the molecule is CC1C(N)CCCC1C(=O)N1CC(CO)OCC1C. The minimum Gasteiger partial charge on any atom is -0.394 e. The molecule has 2 aliphatic rings. The zero-order chi connectivity index (χ0) is 14.0. The molecule has 1 saturated heterocycles. The molecule has 0 aromatic heterocycles. The minimum atomic E-state index is -0.243. The van der Waals surface area contributed by atoms with Crippen LogP contribution in [-0.2, 0) is 9.53 Å². The van der Waals surface area contributed by atoms with Crippen LogP contribution >= 0.6 is 0 Å². The summed E-state index contributed by atoms with van der Waals surface area (Å²) in [4.78, 5) is 14.6. The molecule has 1 saturated carbocycles. The second kappa shape index (κ2) is 6.20. The highest BCUT2D eigenvalue weighted by Gasteiger charge is 2.38. The van der Waals surface area contributed by atoms with Crippen molar-refractivity contribution in [1.82, 2.24) is 4.90 Å². The van der Waals surface area contributed by atoms with Gasteiger partial charge in [0.25, 0.3) is 0 Å². The van der Waals surface area contributed by atoms with Crippen molar-refractivity contribution >= 4 is 5.91 Å². The van der Waals surface area contributed by atoms with Gasteiger partial charge < -0.3 is 20.5 Å². The van der Waals surface area contributed by atoms with Crippen molar-refractivity contribution < 1.29 is 14.6 Å². The maximum absolute atomic E-state index is 12.7. The summed E-state index contributed by atoms with van der Waals surface area (Å²) < 4.78 is 5.49. The molecule has 1 aliphatic carbocycles. The number of nitrogens with two attached hydrogens (primary N) is 1. The molecule has 5 heteroatoms. The summed E-state index contributed by atoms with van der Waals surface area (Å²) in [6.45, 7) is 5.05. The lowest BCUT2D eigenvalue weighted by Gasteiger charge is -2.42. The van der Waals surface area contributed by atoms with Crippen LogP contribution in [-0.4, -0.2) is 53.9 Å². The van der Waals surface area contributed by atoms with Crippen molar-refractivity contribution in [3.05, 3.63) is 0 Å². The van der Waals surface area contributed by atoms with Crippen LogP contribution in [0.3, 0.4) is 0 Å². The first-order valence-electron chi connectivity index (χ1n) is 7.33. The quantitative estimate of drug-likeness (QED) is 0.759. The summed E-state index contributed by atoms with van der Waals surface area (Å²) in [7, 11) is 0. The molecule has 0 spiro atoms. The number of rotatable bonds is 2. The van der Waals surface area contributed by atoms with Gasteiger partial charge in [0.15, 0.2) is 0 Å². The molecule has 0 bridgehead atoms. The van der Waals surface area contributed by atoms with Gasteiger partial charge in [-0.05, 0) is 25.7 Å². The Morgan fingerprint density at radius 2 is 2.16 bits per heavy atom. The fourth-order valence-electron chi connectivity index (χ4n) is 3.19. The van der Waals surface area contributed by atoms with Gasteiger partial charge in [-0.15, -0.1) is 0 Å². The second-order valence-electron chi connectivity index (χ2n) is 6.04. The van der Waals surface area contributed by atoms with Crippen LogP contribution in [0.4, 0.5) is 0 Å². The largest absolute Gasteiger partial charge is 0.394 e. The molecule has 0 aromatic carbocycles. The number of hydrogen-bond acceptors (Lipinski definition) is 4. The van der Waals surface area contributed by atoms with Crippen molar-refractivity contribution in [2.45, 2.75) is 51.3 Å². The van der Waals surface area contributed by atoms with E-state index in [-0.39, 0.29) is 42.5 Å². The second-order valence-corrected chi connectivity index (χ2v) is 6.04. The molecule has 110 valence electrons. The van der Waals surface area contributed by atoms with Gasteiger partial charge in [-0.25, -0.2) is 0 Å². The summed E-state index contributed by atoms with van der Waals surface area (Å²) in [5.74, 6) is 0.462. The van der Waals surface area contributed by atoms with Crippen LogP contribution in [0.5, 0.6) is 0 Å². The molecule has 2 rings (SSSR count). The number of aliphatic hydroxyl groups is 1. The molecule has 0 aromatic rings. The highest BCUT2D eigenvalue weighted by atomic mass is 16.5. The Kier molecular flexibility index (Phi) is 4.81. The Balaban J connectivity index is 2.04. The highest BCUT2D eigenvalue weighted by Crippen LogP contribution is 2.31. The first kappa shape index (κ1) is 14.8. The van der Waals surface area contributed by atoms with E-state index in [9.17, 15) is 9.90 Å². The average molecular weight is 270 g/mol. The van der Waals surface area contributed by atoms with Crippen LogP contribution in [0.2, 0.25) is 0 Å². The molecule has 0 radical (unpaired) electrons. The molecular weight excluding hydrogens is 244 g/mol. The van der Waals surface area contributed by atoms with Crippen molar-refractivity contribution in [2.24, 2.45) is 17.6 Å². The first-order valence-corrected chi connectivity index (χ1v) is 7.33. The number of carbonyl (C=O) groups excluding carboxylic acids is 1. The van der Waals surface area contributed by atoms with Crippen molar-refractivity contribution in [3.8, 4) is 0 Å². The van der Waals surface area contributed by atoms with Gasteiger partial charge >= 0.3 is 0 Å². The van der Waals surface area contributed by atoms with E-state index in [1.165, 1.54) is 0 Å². The maximum atomic E-state index is 12.7. The molecule has 5 nitrogen and oxygen atoms in total. The molecule has 1 heterocycles. The van der Waals surface area contributed by atoms with Gasteiger partial charge in [-0.3, -0.25) is 4.79 Å². The van der Waals surface area contributed by atoms with Crippen LogP contribution in [0.1, 0.15) is 33.1 Å². The molecule has 1 aliphatic heterocycles. The zero-order valence-electron chi connectivity index (χ0n) is 11.9. The molecule has 1 amide bonds. The minimum absolute atomic E-state index is 0.0312. The van der Waals surface area contributed by atoms with Crippen LogP contribution in [0.15, 0.2) is 0 Å². The van der Waals surface area contributed by atoms with E-state index in [4.69, 9.17) is 10.5 Å². The monoisotopic (exact) mass is 270 g/mol. The lowest BCUT2D eigenvalue weighted by atomic mass is 9.76. The fourth-order valence-corrected chi connectivity index (χ4v) is 3.19. The summed E-state index contributed by atoms with van der Waals surface area (Å²) in [6, 6.07) is 0.216. The average Bonchev–Trinajstić information content (AvgIpc) is 2.42. The molecule has 19 heavy (non-hydrogen) atoms. The van der Waals surface area contributed by atoms with Crippen LogP contribution in [0, 0.1) is 11.8 Å². The Hall–Kier alpha value is -0.650. The van der Waals surface area contributed by atoms with E-state index in [1.807, 2.05) is 11.8 Å². The number of hydrogen-bond donors (Lipinski definition) is 2. The van der Waals surface area contributed by atoms with Crippen LogP contribution < -0.4 is 5.73 Å². The third-order valence-electron chi connectivity index (χ3n) is 4.67. The zero-order valence-corrected chi connectivity index (χ0v) is 11.9. The summed E-state index contributed by atoms with van der Waals surface area (Å²) in [5.41, 5.74) is 6.09. The topological polar surface area (TPSA) is 75.8 Å². The molecular formula is C14H26N2O3. The molecule has 2 fully saturated rings. The van der Waals surface area contributed by atoms with Gasteiger partial charge in [0, 0.05) is 18.5 Å². The van der Waals surface area contributed by atoms with Crippen molar-refractivity contribution in [2.75, 3.05) is 19.8 Å². The molecule has 3 N–H and O–H groups in total. The Labute approximate surface area is 115 Å². The lowest BCUT2D eigenvalue weighted by molar-refractivity contribution is -0.153. The maximum Gasteiger partial charge on any atom is 0.226 e. The van der Waals surface area contributed by atoms with Crippen molar-refractivity contribution in [3.63, 3.8) is 0 Å². The normalized spacial score (nSPS) is 40.2. The van der Waals surface area contributed by atoms with Gasteiger partial charge in [-0.1, -0.05) is 13.3 Å². The number of carbonyl (C=O) groups is 1. The summed E-state index contributed by atoms with van der Waals surface area (Å²) >= 11 is 0. The number of morpholine rings is 1. The van der Waals surface area contributed by atoms with E-state index < -0.39 is 0 Å². The fraction of sp³-hybridized carbons (Fsp3) is 0.929. The number of ether oxygens (including phenoxy) is 1. The summed E-state index contributed by atoms with van der Waals surface area (Å²) in [5, 5.41) is 9.20. The standard InChI is InChI=1S/C14H26N2O3/c1-9-8-19-11(7-17)6-16(9)14(18)12-4-3-5-13(15)10(12)2/h9-13,17H,3-8,15H2,1-2H3. The predicted molar refractivity (Wildman–Crippen MR) is 72.5 cm³/mol. The van der Waals surface area contributed by atoms with Gasteiger partial charge in [0.05, 0.1) is 25.4 Å². The number of nitrogens with zero attached hydrogens (tertiary/aromatic N) is 1. The summed E-state index contributed by atoms with van der Waals surface area (Å²) in [6.07, 6.45) is 2.74.